The van der Waals surface area contributed by atoms with Crippen LogP contribution in [0, 0.1) is 6.92 Å². The highest BCUT2D eigenvalue weighted by atomic mass is 32.2. The third-order valence-corrected chi connectivity index (χ3v) is 3.28. The van der Waals surface area contributed by atoms with Crippen LogP contribution in [-0.4, -0.2) is 25.2 Å². The lowest BCUT2D eigenvalue weighted by Crippen LogP contribution is -2.27. The summed E-state index contributed by atoms with van der Waals surface area (Å²) in [6.07, 6.45) is 1.98. The predicted octanol–water partition coefficient (Wildman–Crippen LogP) is 2.26. The maximum absolute atomic E-state index is 11.9. The second-order valence-corrected chi connectivity index (χ2v) is 4.52. The lowest BCUT2D eigenvalue weighted by atomic mass is 10.0. The van der Waals surface area contributed by atoms with Gasteiger partial charge in [0.25, 0.3) is 0 Å². The van der Waals surface area contributed by atoms with E-state index in [-0.39, 0.29) is 5.78 Å². The number of nitrogens with two attached hydrogens (primary N) is 1. The number of benzene rings is 1. The summed E-state index contributed by atoms with van der Waals surface area (Å²) in [5.74, 6) is 0.504. The van der Waals surface area contributed by atoms with E-state index in [0.29, 0.717) is 11.3 Å². The Bertz CT molecular complexity index is 402. The molecule has 16 heavy (non-hydrogen) atoms. The number of hydrogen-bond donors (Lipinski definition) is 1. The number of Topliss-reactive ketones (excluding diaryl/α,β-unsaturated/α-hetero) is 1. The summed E-state index contributed by atoms with van der Waals surface area (Å²) in [7, 11) is 1.56. The molecule has 1 unspecified atom stereocenters. The van der Waals surface area contributed by atoms with Gasteiger partial charge < -0.3 is 10.5 Å². The number of ketones is 1. The molecule has 88 valence electrons. The minimum atomic E-state index is -0.508. The summed E-state index contributed by atoms with van der Waals surface area (Å²) in [4.78, 5) is 13.0. The first kappa shape index (κ1) is 13.1. The Morgan fingerprint density at radius 1 is 1.50 bits per heavy atom. The van der Waals surface area contributed by atoms with Gasteiger partial charge in [-0.2, -0.15) is 0 Å². The fourth-order valence-corrected chi connectivity index (χ4v) is 2.10. The fourth-order valence-electron chi connectivity index (χ4n) is 1.49. The Labute approximate surface area is 100 Å². The summed E-state index contributed by atoms with van der Waals surface area (Å²) in [6, 6.07) is 3.22. The zero-order chi connectivity index (χ0) is 12.3. The average molecular weight is 239 g/mol. The lowest BCUT2D eigenvalue weighted by molar-refractivity contribution is 0.0964. The molecule has 0 spiro atoms. The highest BCUT2D eigenvalue weighted by Crippen LogP contribution is 2.29. The average Bonchev–Trinajstić information content (AvgIpc) is 2.27. The number of ether oxygens (including phenoxy) is 1. The Hall–Kier alpha value is -1.00. The number of aryl methyl sites for hydroxylation is 1. The second-order valence-electron chi connectivity index (χ2n) is 3.68. The van der Waals surface area contributed by atoms with Gasteiger partial charge in [0.05, 0.1) is 18.7 Å². The number of methoxy groups -OCH3 is 1. The summed E-state index contributed by atoms with van der Waals surface area (Å²) < 4.78 is 5.21. The molecular formula is C12H17NO2S. The first-order valence-corrected chi connectivity index (χ1v) is 6.26. The minimum absolute atomic E-state index is 0.0906. The molecule has 1 aromatic carbocycles. The van der Waals surface area contributed by atoms with Gasteiger partial charge in [0.15, 0.2) is 5.78 Å². The van der Waals surface area contributed by atoms with Crippen molar-refractivity contribution in [1.29, 1.82) is 0 Å². The molecule has 0 aliphatic carbocycles. The monoisotopic (exact) mass is 239 g/mol. The molecule has 0 aromatic heterocycles. The van der Waals surface area contributed by atoms with Gasteiger partial charge in [-0.3, -0.25) is 4.79 Å². The summed E-state index contributed by atoms with van der Waals surface area (Å²) >= 11 is 1.61. The van der Waals surface area contributed by atoms with Crippen molar-refractivity contribution in [3.05, 3.63) is 23.3 Å². The van der Waals surface area contributed by atoms with Gasteiger partial charge in [0.2, 0.25) is 0 Å². The fraction of sp³-hybridized carbons (Fsp3) is 0.417. The topological polar surface area (TPSA) is 52.3 Å². The number of thioether (sulfide) groups is 1. The SMILES string of the molecule is COc1cc(C)c(SC)cc1C(=O)C(C)N. The molecule has 0 aliphatic rings. The Morgan fingerprint density at radius 2 is 2.12 bits per heavy atom. The number of carbonyl (C=O) groups excluding carboxylic acids is 1. The molecule has 4 heteroatoms. The van der Waals surface area contributed by atoms with Crippen molar-refractivity contribution in [2.75, 3.05) is 13.4 Å². The number of hydrogen-bond acceptors (Lipinski definition) is 4. The van der Waals surface area contributed by atoms with Crippen LogP contribution in [0.3, 0.4) is 0 Å². The third kappa shape index (κ3) is 2.57. The van der Waals surface area contributed by atoms with Crippen LogP contribution in [0.1, 0.15) is 22.8 Å². The van der Waals surface area contributed by atoms with Gasteiger partial charge in [-0.05, 0) is 37.8 Å². The Kier molecular flexibility index (Phi) is 4.38. The molecule has 0 fully saturated rings. The van der Waals surface area contributed by atoms with Crippen LogP contribution in [0.25, 0.3) is 0 Å². The maximum Gasteiger partial charge on any atom is 0.182 e. The van der Waals surface area contributed by atoms with E-state index in [0.717, 1.165) is 10.5 Å². The highest BCUT2D eigenvalue weighted by molar-refractivity contribution is 7.98. The zero-order valence-corrected chi connectivity index (χ0v) is 10.9. The van der Waals surface area contributed by atoms with E-state index in [1.807, 2.05) is 25.3 Å². The summed E-state index contributed by atoms with van der Waals surface area (Å²) in [5.41, 5.74) is 7.27. The van der Waals surface area contributed by atoms with E-state index < -0.39 is 6.04 Å². The van der Waals surface area contributed by atoms with Gasteiger partial charge >= 0.3 is 0 Å². The van der Waals surface area contributed by atoms with Crippen molar-refractivity contribution in [3.8, 4) is 5.75 Å². The Morgan fingerprint density at radius 3 is 2.56 bits per heavy atom. The standard InChI is InChI=1S/C12H17NO2S/c1-7-5-10(15-3)9(6-11(7)16-4)12(14)8(2)13/h5-6,8H,13H2,1-4H3. The van der Waals surface area contributed by atoms with E-state index >= 15 is 0 Å². The summed E-state index contributed by atoms with van der Waals surface area (Å²) in [5, 5.41) is 0. The molecule has 0 saturated heterocycles. The van der Waals surface area contributed by atoms with Gasteiger partial charge in [0, 0.05) is 4.90 Å². The lowest BCUT2D eigenvalue weighted by Gasteiger charge is -2.13. The number of carbonyl (C=O) groups is 1. The van der Waals surface area contributed by atoms with Crippen molar-refractivity contribution < 1.29 is 9.53 Å². The van der Waals surface area contributed by atoms with E-state index in [2.05, 4.69) is 0 Å². The van der Waals surface area contributed by atoms with Gasteiger partial charge in [0.1, 0.15) is 5.75 Å². The third-order valence-electron chi connectivity index (χ3n) is 2.40. The van der Waals surface area contributed by atoms with Crippen LogP contribution in [-0.2, 0) is 0 Å². The van der Waals surface area contributed by atoms with Crippen molar-refractivity contribution in [2.45, 2.75) is 24.8 Å². The molecule has 0 bridgehead atoms. The molecule has 0 aliphatic heterocycles. The molecule has 3 nitrogen and oxygen atoms in total. The molecule has 0 amide bonds. The van der Waals surface area contributed by atoms with E-state index in [1.54, 1.807) is 25.8 Å². The van der Waals surface area contributed by atoms with Crippen LogP contribution in [0.5, 0.6) is 5.75 Å². The second kappa shape index (κ2) is 5.37. The zero-order valence-electron chi connectivity index (χ0n) is 10.0. The van der Waals surface area contributed by atoms with Gasteiger partial charge in [-0.1, -0.05) is 0 Å². The van der Waals surface area contributed by atoms with Crippen molar-refractivity contribution in [1.82, 2.24) is 0 Å². The van der Waals surface area contributed by atoms with E-state index in [4.69, 9.17) is 10.5 Å². The molecule has 0 saturated carbocycles. The van der Waals surface area contributed by atoms with Crippen molar-refractivity contribution in [2.24, 2.45) is 5.73 Å². The van der Waals surface area contributed by atoms with E-state index in [1.165, 1.54) is 0 Å². The largest absolute Gasteiger partial charge is 0.496 e. The molecule has 0 heterocycles. The molecule has 1 atom stereocenters. The van der Waals surface area contributed by atoms with Crippen LogP contribution < -0.4 is 10.5 Å². The van der Waals surface area contributed by atoms with Crippen LogP contribution in [0.4, 0.5) is 0 Å². The molecule has 2 N–H and O–H groups in total. The van der Waals surface area contributed by atoms with Crippen LogP contribution in [0.2, 0.25) is 0 Å². The van der Waals surface area contributed by atoms with E-state index in [9.17, 15) is 4.79 Å². The first-order valence-electron chi connectivity index (χ1n) is 5.03. The highest BCUT2D eigenvalue weighted by Gasteiger charge is 2.17. The summed E-state index contributed by atoms with van der Waals surface area (Å²) in [6.45, 7) is 3.68. The molecule has 1 aromatic rings. The molecule has 1 rings (SSSR count). The molecular weight excluding hydrogens is 222 g/mol. The number of rotatable bonds is 4. The van der Waals surface area contributed by atoms with Crippen molar-refractivity contribution >= 4 is 17.5 Å². The smallest absolute Gasteiger partial charge is 0.182 e. The normalized spacial score (nSPS) is 12.3. The first-order chi connectivity index (χ1) is 7.51. The predicted molar refractivity (Wildman–Crippen MR) is 67.5 cm³/mol. The quantitative estimate of drug-likeness (QED) is 0.647. The van der Waals surface area contributed by atoms with Crippen LogP contribution >= 0.6 is 11.8 Å². The Balaban J connectivity index is 3.30. The van der Waals surface area contributed by atoms with Crippen molar-refractivity contribution in [3.63, 3.8) is 0 Å². The molecule has 0 radical (unpaired) electrons. The van der Waals surface area contributed by atoms with Gasteiger partial charge in [-0.15, -0.1) is 11.8 Å². The van der Waals surface area contributed by atoms with Crippen LogP contribution in [0.15, 0.2) is 17.0 Å². The maximum atomic E-state index is 11.9. The van der Waals surface area contributed by atoms with Gasteiger partial charge in [-0.25, -0.2) is 0 Å². The minimum Gasteiger partial charge on any atom is -0.496 e.